The van der Waals surface area contributed by atoms with Crippen LogP contribution in [0.3, 0.4) is 0 Å². The van der Waals surface area contributed by atoms with Crippen LogP contribution in [0.1, 0.15) is 23.1 Å². The third-order valence-corrected chi connectivity index (χ3v) is 2.95. The molecule has 0 fully saturated rings. The van der Waals surface area contributed by atoms with Crippen molar-refractivity contribution in [3.8, 4) is 11.8 Å². The molecule has 0 bridgehead atoms. The summed E-state index contributed by atoms with van der Waals surface area (Å²) in [6, 6.07) is 5.97. The minimum atomic E-state index is -0.0614. The minimum absolute atomic E-state index is 0.0334. The molecule has 4 nitrogen and oxygen atoms in total. The van der Waals surface area contributed by atoms with E-state index in [2.05, 4.69) is 6.07 Å². The molecule has 0 saturated carbocycles. The topological polar surface area (TPSA) is 53.3 Å². The standard InChI is InChI=1S/C15H20N2O2/c1-11-7-12(2)14(15(8-11)19-4)10-17(3)9-13(18)5-6-16/h7-8H,5,9-10H2,1-4H3. The van der Waals surface area contributed by atoms with Crippen LogP contribution in [0.5, 0.6) is 5.75 Å². The zero-order valence-corrected chi connectivity index (χ0v) is 12.0. The van der Waals surface area contributed by atoms with E-state index in [1.165, 1.54) is 0 Å². The van der Waals surface area contributed by atoms with Crippen molar-refractivity contribution in [3.63, 3.8) is 0 Å². The van der Waals surface area contributed by atoms with Crippen molar-refractivity contribution in [2.75, 3.05) is 20.7 Å². The van der Waals surface area contributed by atoms with E-state index in [1.54, 1.807) is 7.11 Å². The zero-order valence-electron chi connectivity index (χ0n) is 12.0. The molecule has 0 saturated heterocycles. The first kappa shape index (κ1) is 15.2. The average Bonchev–Trinajstić information content (AvgIpc) is 2.32. The van der Waals surface area contributed by atoms with Crippen LogP contribution in [-0.2, 0) is 11.3 Å². The van der Waals surface area contributed by atoms with E-state index < -0.39 is 0 Å². The highest BCUT2D eigenvalue weighted by Gasteiger charge is 2.12. The van der Waals surface area contributed by atoms with Crippen LogP contribution in [-0.4, -0.2) is 31.4 Å². The van der Waals surface area contributed by atoms with E-state index >= 15 is 0 Å². The van der Waals surface area contributed by atoms with Gasteiger partial charge in [-0.25, -0.2) is 0 Å². The van der Waals surface area contributed by atoms with Gasteiger partial charge in [-0.2, -0.15) is 5.26 Å². The van der Waals surface area contributed by atoms with Crippen molar-refractivity contribution in [1.82, 2.24) is 4.90 Å². The van der Waals surface area contributed by atoms with Gasteiger partial charge in [0.2, 0.25) is 0 Å². The number of ketones is 1. The number of carbonyl (C=O) groups excluding carboxylic acids is 1. The molecule has 102 valence electrons. The Hall–Kier alpha value is -1.86. The largest absolute Gasteiger partial charge is 0.496 e. The second-order valence-electron chi connectivity index (χ2n) is 4.81. The molecule has 0 atom stereocenters. The number of likely N-dealkylation sites (N-methyl/N-ethyl adjacent to an activating group) is 1. The molecule has 0 amide bonds. The second-order valence-corrected chi connectivity index (χ2v) is 4.81. The van der Waals surface area contributed by atoms with Crippen molar-refractivity contribution in [2.45, 2.75) is 26.8 Å². The summed E-state index contributed by atoms with van der Waals surface area (Å²) in [4.78, 5) is 13.3. The maximum atomic E-state index is 11.4. The van der Waals surface area contributed by atoms with Crippen LogP contribution in [0.25, 0.3) is 0 Å². The molecule has 0 heterocycles. The molecule has 0 aliphatic heterocycles. The first-order valence-electron chi connectivity index (χ1n) is 6.19. The fourth-order valence-corrected chi connectivity index (χ4v) is 2.11. The molecule has 19 heavy (non-hydrogen) atoms. The number of rotatable bonds is 6. The minimum Gasteiger partial charge on any atom is -0.496 e. The Morgan fingerprint density at radius 3 is 2.68 bits per heavy atom. The van der Waals surface area contributed by atoms with Gasteiger partial charge >= 0.3 is 0 Å². The molecule has 0 aromatic heterocycles. The summed E-state index contributed by atoms with van der Waals surface area (Å²) in [5.74, 6) is 0.783. The van der Waals surface area contributed by atoms with E-state index in [-0.39, 0.29) is 18.7 Å². The third-order valence-electron chi connectivity index (χ3n) is 2.95. The fraction of sp³-hybridized carbons (Fsp3) is 0.467. The average molecular weight is 260 g/mol. The van der Waals surface area contributed by atoms with Gasteiger partial charge in [-0.15, -0.1) is 0 Å². The summed E-state index contributed by atoms with van der Waals surface area (Å²) in [6.45, 7) is 4.98. The highest BCUT2D eigenvalue weighted by Crippen LogP contribution is 2.25. The van der Waals surface area contributed by atoms with Gasteiger partial charge < -0.3 is 4.74 Å². The van der Waals surface area contributed by atoms with Gasteiger partial charge in [0.1, 0.15) is 5.75 Å². The van der Waals surface area contributed by atoms with Gasteiger partial charge in [-0.1, -0.05) is 6.07 Å². The number of aryl methyl sites for hydroxylation is 2. The normalized spacial score (nSPS) is 10.3. The molecule has 4 heteroatoms. The maximum absolute atomic E-state index is 11.4. The Morgan fingerprint density at radius 2 is 2.11 bits per heavy atom. The summed E-state index contributed by atoms with van der Waals surface area (Å²) in [6.07, 6.45) is -0.0334. The Morgan fingerprint density at radius 1 is 1.42 bits per heavy atom. The Kier molecular flexibility index (Phi) is 5.53. The molecule has 1 rings (SSSR count). The van der Waals surface area contributed by atoms with E-state index in [4.69, 9.17) is 10.00 Å². The Balaban J connectivity index is 2.82. The lowest BCUT2D eigenvalue weighted by molar-refractivity contribution is -0.119. The molecule has 0 aliphatic carbocycles. The molecule has 0 spiro atoms. The number of nitriles is 1. The molecule has 0 unspecified atom stereocenters. The number of hydrogen-bond acceptors (Lipinski definition) is 4. The molecule has 1 aromatic carbocycles. The van der Waals surface area contributed by atoms with E-state index in [0.717, 1.165) is 22.4 Å². The second kappa shape index (κ2) is 6.91. The predicted octanol–water partition coefficient (Wildman–Crippen LogP) is 2.23. The summed E-state index contributed by atoms with van der Waals surface area (Å²) in [7, 11) is 3.52. The van der Waals surface area contributed by atoms with Gasteiger partial charge in [-0.05, 0) is 38.1 Å². The number of hydrogen-bond donors (Lipinski definition) is 0. The lowest BCUT2D eigenvalue weighted by atomic mass is 10.0. The summed E-state index contributed by atoms with van der Waals surface area (Å²) in [5.41, 5.74) is 3.39. The Bertz CT molecular complexity index is 504. The van der Waals surface area contributed by atoms with Gasteiger partial charge in [0.25, 0.3) is 0 Å². The van der Waals surface area contributed by atoms with Crippen LogP contribution in [0.15, 0.2) is 12.1 Å². The molecule has 0 aliphatic rings. The van der Waals surface area contributed by atoms with Crippen molar-refractivity contribution < 1.29 is 9.53 Å². The summed E-state index contributed by atoms with van der Waals surface area (Å²) in [5, 5.41) is 8.49. The van der Waals surface area contributed by atoms with Crippen LogP contribution >= 0.6 is 0 Å². The number of nitrogens with zero attached hydrogens (tertiary/aromatic N) is 2. The van der Waals surface area contributed by atoms with E-state index in [1.807, 2.05) is 37.9 Å². The lowest BCUT2D eigenvalue weighted by Crippen LogP contribution is -2.25. The van der Waals surface area contributed by atoms with E-state index in [0.29, 0.717) is 6.54 Å². The van der Waals surface area contributed by atoms with Crippen molar-refractivity contribution in [1.29, 1.82) is 5.26 Å². The summed E-state index contributed by atoms with van der Waals surface area (Å²) >= 11 is 0. The molecular weight excluding hydrogens is 240 g/mol. The highest BCUT2D eigenvalue weighted by molar-refractivity contribution is 5.82. The van der Waals surface area contributed by atoms with Gasteiger partial charge in [0.15, 0.2) is 5.78 Å². The van der Waals surface area contributed by atoms with Crippen LogP contribution in [0.2, 0.25) is 0 Å². The quantitative estimate of drug-likeness (QED) is 0.787. The Labute approximate surface area is 114 Å². The first-order valence-corrected chi connectivity index (χ1v) is 6.19. The summed E-state index contributed by atoms with van der Waals surface area (Å²) < 4.78 is 5.40. The SMILES string of the molecule is COc1cc(C)cc(C)c1CN(C)CC(=O)CC#N. The van der Waals surface area contributed by atoms with Crippen molar-refractivity contribution in [2.24, 2.45) is 0 Å². The first-order chi connectivity index (χ1) is 8.97. The number of carbonyl (C=O) groups is 1. The van der Waals surface area contributed by atoms with E-state index in [9.17, 15) is 4.79 Å². The van der Waals surface area contributed by atoms with Crippen molar-refractivity contribution in [3.05, 3.63) is 28.8 Å². The van der Waals surface area contributed by atoms with Gasteiger partial charge in [-0.3, -0.25) is 9.69 Å². The number of methoxy groups -OCH3 is 1. The molecule has 0 radical (unpaired) electrons. The highest BCUT2D eigenvalue weighted by atomic mass is 16.5. The molecule has 1 aromatic rings. The third kappa shape index (κ3) is 4.38. The molecule has 0 N–H and O–H groups in total. The lowest BCUT2D eigenvalue weighted by Gasteiger charge is -2.19. The van der Waals surface area contributed by atoms with Crippen LogP contribution in [0.4, 0.5) is 0 Å². The van der Waals surface area contributed by atoms with Crippen molar-refractivity contribution >= 4 is 5.78 Å². The van der Waals surface area contributed by atoms with Crippen LogP contribution < -0.4 is 4.74 Å². The van der Waals surface area contributed by atoms with Crippen LogP contribution in [0, 0.1) is 25.2 Å². The predicted molar refractivity (Wildman–Crippen MR) is 74.0 cm³/mol. The number of Topliss-reactive ketones (excluding diaryl/α,β-unsaturated/α-hetero) is 1. The number of benzene rings is 1. The zero-order chi connectivity index (χ0) is 14.4. The van der Waals surface area contributed by atoms with Gasteiger partial charge in [0.05, 0.1) is 26.1 Å². The monoisotopic (exact) mass is 260 g/mol. The fourth-order valence-electron chi connectivity index (χ4n) is 2.11. The maximum Gasteiger partial charge on any atom is 0.160 e. The molecular formula is C15H20N2O2. The smallest absolute Gasteiger partial charge is 0.160 e. The number of ether oxygens (including phenoxy) is 1. The van der Waals surface area contributed by atoms with Gasteiger partial charge in [0, 0.05) is 12.1 Å².